The molecular formula is C13H14N2O2S. The number of nitrogens with one attached hydrogen (secondary N) is 1. The highest BCUT2D eigenvalue weighted by Gasteiger charge is 2.21. The Morgan fingerprint density at radius 3 is 3.17 bits per heavy atom. The fraction of sp³-hybridized carbons (Fsp3) is 0.385. The van der Waals surface area contributed by atoms with Crippen LogP contribution in [0.5, 0.6) is 0 Å². The molecule has 1 aliphatic rings. The van der Waals surface area contributed by atoms with Crippen molar-refractivity contribution in [2.75, 3.05) is 11.5 Å². The average molecular weight is 262 g/mol. The molecule has 4 nitrogen and oxygen atoms in total. The molecule has 1 amide bonds. The minimum atomic E-state index is -0.156. The fourth-order valence-electron chi connectivity index (χ4n) is 2.16. The fourth-order valence-corrected chi connectivity index (χ4v) is 3.23. The van der Waals surface area contributed by atoms with Crippen LogP contribution in [0.1, 0.15) is 23.4 Å². The molecule has 1 unspecified atom stereocenters. The van der Waals surface area contributed by atoms with Crippen molar-refractivity contribution in [3.63, 3.8) is 0 Å². The van der Waals surface area contributed by atoms with Crippen molar-refractivity contribution in [1.29, 1.82) is 0 Å². The smallest absolute Gasteiger partial charge is 0.290 e. The van der Waals surface area contributed by atoms with Crippen molar-refractivity contribution < 1.29 is 9.32 Å². The molecule has 0 aliphatic carbocycles. The summed E-state index contributed by atoms with van der Waals surface area (Å²) in [5, 5.41) is 7.69. The molecule has 1 aromatic heterocycles. The van der Waals surface area contributed by atoms with E-state index in [0.717, 1.165) is 29.5 Å². The van der Waals surface area contributed by atoms with Crippen LogP contribution in [0.2, 0.25) is 0 Å². The van der Waals surface area contributed by atoms with E-state index in [-0.39, 0.29) is 11.9 Å². The highest BCUT2D eigenvalue weighted by molar-refractivity contribution is 7.99. The summed E-state index contributed by atoms with van der Waals surface area (Å²) in [6.45, 7) is 0. The van der Waals surface area contributed by atoms with E-state index in [1.807, 2.05) is 36.0 Å². The Hall–Kier alpha value is -1.49. The van der Waals surface area contributed by atoms with E-state index >= 15 is 0 Å². The molecule has 1 saturated heterocycles. The minimum absolute atomic E-state index is 0.156. The summed E-state index contributed by atoms with van der Waals surface area (Å²) in [4.78, 5) is 12.1. The van der Waals surface area contributed by atoms with Crippen LogP contribution in [-0.2, 0) is 0 Å². The molecule has 5 heteroatoms. The van der Waals surface area contributed by atoms with Crippen molar-refractivity contribution in [2.24, 2.45) is 0 Å². The number of nitrogens with zero attached hydrogens (tertiary/aromatic N) is 1. The molecular weight excluding hydrogens is 248 g/mol. The van der Waals surface area contributed by atoms with E-state index < -0.39 is 0 Å². The molecule has 1 aromatic carbocycles. The summed E-state index contributed by atoms with van der Waals surface area (Å²) in [6, 6.07) is 7.71. The maximum atomic E-state index is 12.1. The zero-order chi connectivity index (χ0) is 12.4. The summed E-state index contributed by atoms with van der Waals surface area (Å²) in [5.74, 6) is 2.34. The number of carbonyl (C=O) groups excluding carboxylic acids is 1. The van der Waals surface area contributed by atoms with Gasteiger partial charge in [-0.25, -0.2) is 0 Å². The van der Waals surface area contributed by atoms with Gasteiger partial charge in [0.1, 0.15) is 5.52 Å². The molecule has 1 aliphatic heterocycles. The lowest BCUT2D eigenvalue weighted by Gasteiger charge is -2.21. The molecule has 3 rings (SSSR count). The lowest BCUT2D eigenvalue weighted by Crippen LogP contribution is -2.38. The third kappa shape index (κ3) is 2.22. The predicted molar refractivity (Wildman–Crippen MR) is 71.8 cm³/mol. The van der Waals surface area contributed by atoms with E-state index in [0.29, 0.717) is 5.76 Å². The number of fused-ring (bicyclic) bond motifs is 1. The number of carbonyl (C=O) groups is 1. The Morgan fingerprint density at radius 1 is 1.44 bits per heavy atom. The van der Waals surface area contributed by atoms with Gasteiger partial charge in [-0.2, -0.15) is 11.8 Å². The number of hydrogen-bond acceptors (Lipinski definition) is 4. The molecule has 2 heterocycles. The molecule has 0 bridgehead atoms. The van der Waals surface area contributed by atoms with Crippen molar-refractivity contribution in [1.82, 2.24) is 10.5 Å². The van der Waals surface area contributed by atoms with Gasteiger partial charge in [-0.05, 0) is 30.7 Å². The maximum absolute atomic E-state index is 12.1. The van der Waals surface area contributed by atoms with Crippen molar-refractivity contribution in [3.05, 3.63) is 30.0 Å². The van der Waals surface area contributed by atoms with Crippen LogP contribution >= 0.6 is 11.8 Å². The van der Waals surface area contributed by atoms with Gasteiger partial charge in [0.25, 0.3) is 5.91 Å². The Morgan fingerprint density at radius 2 is 2.33 bits per heavy atom. The second-order valence-corrected chi connectivity index (χ2v) is 5.57. The Bertz CT molecular complexity index is 561. The first-order valence-corrected chi connectivity index (χ1v) is 7.23. The lowest BCUT2D eigenvalue weighted by atomic mass is 10.1. The number of amides is 1. The van der Waals surface area contributed by atoms with Gasteiger partial charge in [-0.1, -0.05) is 17.3 Å². The van der Waals surface area contributed by atoms with E-state index in [9.17, 15) is 4.79 Å². The summed E-state index contributed by atoms with van der Waals surface area (Å²) >= 11 is 1.88. The predicted octanol–water partition coefficient (Wildman–Crippen LogP) is 2.45. The highest BCUT2D eigenvalue weighted by Crippen LogP contribution is 2.20. The van der Waals surface area contributed by atoms with E-state index in [2.05, 4.69) is 10.5 Å². The number of hydrogen-bond donors (Lipinski definition) is 1. The maximum Gasteiger partial charge on any atom is 0.290 e. The van der Waals surface area contributed by atoms with E-state index in [1.54, 1.807) is 0 Å². The molecule has 0 saturated carbocycles. The summed E-state index contributed by atoms with van der Waals surface area (Å²) in [5.41, 5.74) is 0.723. The summed E-state index contributed by atoms with van der Waals surface area (Å²) < 4.78 is 5.15. The van der Waals surface area contributed by atoms with Crippen LogP contribution < -0.4 is 5.32 Å². The van der Waals surface area contributed by atoms with Crippen molar-refractivity contribution in [2.45, 2.75) is 18.9 Å². The first-order chi connectivity index (χ1) is 8.84. The van der Waals surface area contributed by atoms with Crippen molar-refractivity contribution in [3.8, 4) is 0 Å². The van der Waals surface area contributed by atoms with Crippen molar-refractivity contribution >= 4 is 28.6 Å². The minimum Gasteiger partial charge on any atom is -0.350 e. The van der Waals surface area contributed by atoms with E-state index in [1.165, 1.54) is 5.75 Å². The molecule has 0 spiro atoms. The summed E-state index contributed by atoms with van der Waals surface area (Å²) in [7, 11) is 0. The van der Waals surface area contributed by atoms with Gasteiger partial charge in [-0.3, -0.25) is 4.79 Å². The van der Waals surface area contributed by atoms with Gasteiger partial charge >= 0.3 is 0 Å². The first kappa shape index (κ1) is 11.6. The Balaban J connectivity index is 1.79. The van der Waals surface area contributed by atoms with Crippen LogP contribution in [0.25, 0.3) is 10.9 Å². The Labute approximate surface area is 109 Å². The molecule has 94 valence electrons. The third-order valence-corrected chi connectivity index (χ3v) is 4.30. The molecule has 1 N–H and O–H groups in total. The van der Waals surface area contributed by atoms with Gasteiger partial charge in [0, 0.05) is 11.8 Å². The number of aromatic nitrogens is 1. The topological polar surface area (TPSA) is 55.1 Å². The van der Waals surface area contributed by atoms with Gasteiger partial charge in [0.15, 0.2) is 0 Å². The van der Waals surface area contributed by atoms with Gasteiger partial charge in [0.2, 0.25) is 5.76 Å². The van der Waals surface area contributed by atoms with Crippen LogP contribution in [0.4, 0.5) is 0 Å². The average Bonchev–Trinajstić information content (AvgIpc) is 2.84. The number of thioether (sulfide) groups is 1. The van der Waals surface area contributed by atoms with Crippen LogP contribution in [0.15, 0.2) is 28.8 Å². The Kier molecular flexibility index (Phi) is 3.23. The number of benzene rings is 1. The standard InChI is InChI=1S/C13H14N2O2S/c16-13(14-9-4-3-7-18-8-9)12-10-5-1-2-6-11(10)15-17-12/h1-2,5-6,9H,3-4,7-8H2,(H,14,16). The van der Waals surface area contributed by atoms with Gasteiger partial charge in [-0.15, -0.1) is 0 Å². The normalized spacial score (nSPS) is 19.9. The molecule has 2 aromatic rings. The largest absolute Gasteiger partial charge is 0.350 e. The monoisotopic (exact) mass is 262 g/mol. The van der Waals surface area contributed by atoms with Gasteiger partial charge in [0.05, 0.1) is 5.39 Å². The SMILES string of the molecule is O=C(NC1CCCSC1)c1onc2ccccc12. The quantitative estimate of drug-likeness (QED) is 0.903. The second-order valence-electron chi connectivity index (χ2n) is 4.42. The highest BCUT2D eigenvalue weighted by atomic mass is 32.2. The molecule has 18 heavy (non-hydrogen) atoms. The first-order valence-electron chi connectivity index (χ1n) is 6.07. The summed E-state index contributed by atoms with van der Waals surface area (Å²) in [6.07, 6.45) is 2.21. The lowest BCUT2D eigenvalue weighted by molar-refractivity contribution is 0.0904. The second kappa shape index (κ2) is 5.02. The zero-order valence-electron chi connectivity index (χ0n) is 9.89. The zero-order valence-corrected chi connectivity index (χ0v) is 10.7. The van der Waals surface area contributed by atoms with Crippen LogP contribution in [0.3, 0.4) is 0 Å². The van der Waals surface area contributed by atoms with Gasteiger partial charge < -0.3 is 9.84 Å². The number of rotatable bonds is 2. The molecule has 1 atom stereocenters. The van der Waals surface area contributed by atoms with Crippen LogP contribution in [-0.4, -0.2) is 28.6 Å². The molecule has 1 fully saturated rings. The molecule has 0 radical (unpaired) electrons. The van der Waals surface area contributed by atoms with E-state index in [4.69, 9.17) is 4.52 Å². The van der Waals surface area contributed by atoms with Crippen LogP contribution in [0, 0.1) is 0 Å². The third-order valence-electron chi connectivity index (χ3n) is 3.09.